The Bertz CT molecular complexity index is 1050. The lowest BCUT2D eigenvalue weighted by Gasteiger charge is -2.24. The average molecular weight is 453 g/mol. The lowest BCUT2D eigenvalue weighted by Crippen LogP contribution is -2.39. The van der Waals surface area contributed by atoms with E-state index in [-0.39, 0.29) is 24.5 Å². The normalized spacial score (nSPS) is 16.7. The van der Waals surface area contributed by atoms with Crippen molar-refractivity contribution in [3.05, 3.63) is 76.5 Å². The second kappa shape index (κ2) is 10.3. The molecular weight excluding hydrogens is 428 g/mol. The molecule has 9 heteroatoms. The predicted octanol–water partition coefficient (Wildman–Crippen LogP) is 2.62. The number of hydrogen-bond donors (Lipinski definition) is 0. The van der Waals surface area contributed by atoms with Crippen LogP contribution < -0.4 is 4.74 Å². The first-order valence-corrected chi connectivity index (χ1v) is 11.1. The highest BCUT2D eigenvalue weighted by atomic mass is 32.1. The van der Waals surface area contributed by atoms with Gasteiger partial charge in [0.05, 0.1) is 43.8 Å². The number of aromatic nitrogens is 2. The Morgan fingerprint density at radius 3 is 2.88 bits per heavy atom. The number of pyridine rings is 1. The highest BCUT2D eigenvalue weighted by molar-refractivity contribution is 7.11. The van der Waals surface area contributed by atoms with Crippen LogP contribution in [0.1, 0.15) is 20.9 Å². The Morgan fingerprint density at radius 2 is 2.12 bits per heavy atom. The summed E-state index contributed by atoms with van der Waals surface area (Å²) in [6.45, 7) is 1.37. The molecule has 1 saturated heterocycles. The van der Waals surface area contributed by atoms with Gasteiger partial charge in [0.2, 0.25) is 5.91 Å². The van der Waals surface area contributed by atoms with E-state index in [1.807, 2.05) is 42.5 Å². The van der Waals surface area contributed by atoms with E-state index in [0.29, 0.717) is 31.1 Å². The van der Waals surface area contributed by atoms with E-state index in [4.69, 9.17) is 9.47 Å². The molecule has 8 nitrogen and oxygen atoms in total. The zero-order chi connectivity index (χ0) is 22.3. The molecule has 0 N–H and O–H groups in total. The minimum atomic E-state index is -0.353. The van der Waals surface area contributed by atoms with E-state index in [1.165, 1.54) is 17.5 Å². The molecule has 3 heterocycles. The van der Waals surface area contributed by atoms with Crippen molar-refractivity contribution >= 4 is 23.2 Å². The van der Waals surface area contributed by atoms with Crippen LogP contribution in [0.15, 0.2) is 60.4 Å². The van der Waals surface area contributed by atoms with Gasteiger partial charge in [-0.1, -0.05) is 18.2 Å². The zero-order valence-corrected chi connectivity index (χ0v) is 18.5. The molecule has 4 rings (SSSR count). The first-order chi connectivity index (χ1) is 15.6. The van der Waals surface area contributed by atoms with Gasteiger partial charge >= 0.3 is 0 Å². The minimum absolute atomic E-state index is 0.0113. The molecule has 1 aliphatic heterocycles. The third-order valence-electron chi connectivity index (χ3n) is 5.16. The molecule has 3 aromatic rings. The molecule has 1 aliphatic rings. The number of carbonyl (C=O) groups is 2. The maximum absolute atomic E-state index is 13.0. The van der Waals surface area contributed by atoms with Crippen molar-refractivity contribution in [2.45, 2.75) is 19.3 Å². The fraction of sp³-hybridized carbons (Fsp3) is 0.304. The summed E-state index contributed by atoms with van der Waals surface area (Å²) in [6, 6.07) is 13.2. The molecule has 0 spiro atoms. The Hall–Kier alpha value is -3.30. The van der Waals surface area contributed by atoms with Gasteiger partial charge in [0, 0.05) is 19.3 Å². The lowest BCUT2D eigenvalue weighted by molar-refractivity contribution is -0.132. The number of methoxy groups -OCH3 is 1. The van der Waals surface area contributed by atoms with Crippen LogP contribution in [-0.4, -0.2) is 64.4 Å². The fourth-order valence-electron chi connectivity index (χ4n) is 3.53. The Balaban J connectivity index is 1.52. The minimum Gasteiger partial charge on any atom is -0.497 e. The summed E-state index contributed by atoms with van der Waals surface area (Å²) in [5.41, 5.74) is 3.35. The molecule has 0 bridgehead atoms. The number of rotatable bonds is 7. The third-order valence-corrected chi connectivity index (χ3v) is 5.92. The molecule has 1 atom stereocenters. The van der Waals surface area contributed by atoms with E-state index < -0.39 is 0 Å². The van der Waals surface area contributed by atoms with Crippen LogP contribution in [0.5, 0.6) is 5.75 Å². The summed E-state index contributed by atoms with van der Waals surface area (Å²) in [5.74, 6) is 0.400. The van der Waals surface area contributed by atoms with Crippen molar-refractivity contribution in [2.75, 3.05) is 26.7 Å². The second-order valence-corrected chi connectivity index (χ2v) is 8.32. The standard InChI is InChI=1S/C23H24N4O4S/c1-30-19-7-4-5-17(9-19)15-31-20-12-26(11-18-6-2-3-8-25-18)22(28)14-27(13-20)23(29)21-10-24-16-32-21/h2-10,16,20H,11-15H2,1H3/t20-/m1/s1. The van der Waals surface area contributed by atoms with E-state index in [2.05, 4.69) is 9.97 Å². The third kappa shape index (κ3) is 5.49. The molecule has 0 saturated carbocycles. The maximum atomic E-state index is 13.0. The molecule has 0 unspecified atom stereocenters. The molecule has 32 heavy (non-hydrogen) atoms. The van der Waals surface area contributed by atoms with Gasteiger partial charge in [-0.3, -0.25) is 19.6 Å². The van der Waals surface area contributed by atoms with Gasteiger partial charge in [-0.05, 0) is 29.8 Å². The van der Waals surface area contributed by atoms with Crippen LogP contribution >= 0.6 is 11.3 Å². The SMILES string of the molecule is COc1cccc(CO[C@@H]2CN(Cc3ccccn3)C(=O)CN(C(=O)c3cncs3)C2)c1. The molecular formula is C23H24N4O4S. The topological polar surface area (TPSA) is 84.9 Å². The molecule has 2 aromatic heterocycles. The number of carbonyl (C=O) groups excluding carboxylic acids is 2. The summed E-state index contributed by atoms with van der Waals surface area (Å²) in [7, 11) is 1.62. The van der Waals surface area contributed by atoms with Gasteiger partial charge < -0.3 is 19.3 Å². The van der Waals surface area contributed by atoms with Crippen molar-refractivity contribution in [3.63, 3.8) is 0 Å². The summed E-state index contributed by atoms with van der Waals surface area (Å²) < 4.78 is 11.5. The maximum Gasteiger partial charge on any atom is 0.266 e. The number of ether oxygens (including phenoxy) is 2. The van der Waals surface area contributed by atoms with Gasteiger partial charge in [0.1, 0.15) is 17.2 Å². The van der Waals surface area contributed by atoms with Crippen molar-refractivity contribution in [1.82, 2.24) is 19.8 Å². The molecule has 1 fully saturated rings. The number of thiazole rings is 1. The number of nitrogens with zero attached hydrogens (tertiary/aromatic N) is 4. The van der Waals surface area contributed by atoms with Crippen molar-refractivity contribution < 1.29 is 19.1 Å². The molecule has 1 aromatic carbocycles. The number of benzene rings is 1. The number of hydrogen-bond acceptors (Lipinski definition) is 7. The van der Waals surface area contributed by atoms with E-state index in [9.17, 15) is 9.59 Å². The van der Waals surface area contributed by atoms with Crippen LogP contribution in [0.3, 0.4) is 0 Å². The summed E-state index contributed by atoms with van der Waals surface area (Å²) in [5, 5.41) is 0. The Labute approximate surface area is 190 Å². The second-order valence-electron chi connectivity index (χ2n) is 7.43. The smallest absolute Gasteiger partial charge is 0.266 e. The average Bonchev–Trinajstić information content (AvgIpc) is 3.31. The molecule has 0 radical (unpaired) electrons. The van der Waals surface area contributed by atoms with Crippen LogP contribution in [0.2, 0.25) is 0 Å². The summed E-state index contributed by atoms with van der Waals surface area (Å²) in [6.07, 6.45) is 2.88. The first kappa shape index (κ1) is 21.9. The molecule has 2 amide bonds. The lowest BCUT2D eigenvalue weighted by atomic mass is 10.2. The zero-order valence-electron chi connectivity index (χ0n) is 17.7. The van der Waals surface area contributed by atoms with Gasteiger partial charge in [0.15, 0.2) is 0 Å². The quantitative estimate of drug-likeness (QED) is 0.548. The van der Waals surface area contributed by atoms with Crippen LogP contribution in [0.4, 0.5) is 0 Å². The van der Waals surface area contributed by atoms with E-state index >= 15 is 0 Å². The van der Waals surface area contributed by atoms with Crippen molar-refractivity contribution in [1.29, 1.82) is 0 Å². The van der Waals surface area contributed by atoms with Gasteiger partial charge in [-0.15, -0.1) is 11.3 Å². The predicted molar refractivity (Wildman–Crippen MR) is 119 cm³/mol. The highest BCUT2D eigenvalue weighted by Crippen LogP contribution is 2.18. The largest absolute Gasteiger partial charge is 0.497 e. The van der Waals surface area contributed by atoms with Gasteiger partial charge in [-0.25, -0.2) is 0 Å². The van der Waals surface area contributed by atoms with Gasteiger partial charge in [-0.2, -0.15) is 0 Å². The van der Waals surface area contributed by atoms with Crippen LogP contribution in [-0.2, 0) is 22.7 Å². The summed E-state index contributed by atoms with van der Waals surface area (Å²) >= 11 is 1.26. The van der Waals surface area contributed by atoms with E-state index in [1.54, 1.807) is 28.6 Å². The fourth-order valence-corrected chi connectivity index (χ4v) is 4.12. The first-order valence-electron chi connectivity index (χ1n) is 10.2. The van der Waals surface area contributed by atoms with Crippen molar-refractivity contribution in [3.8, 4) is 5.75 Å². The van der Waals surface area contributed by atoms with Crippen LogP contribution in [0.25, 0.3) is 0 Å². The summed E-state index contributed by atoms with van der Waals surface area (Å²) in [4.78, 5) is 38.1. The Kier molecular flexibility index (Phi) is 7.08. The number of amides is 2. The monoisotopic (exact) mass is 452 g/mol. The van der Waals surface area contributed by atoms with Gasteiger partial charge in [0.25, 0.3) is 5.91 Å². The van der Waals surface area contributed by atoms with E-state index in [0.717, 1.165) is 17.0 Å². The Morgan fingerprint density at radius 1 is 1.22 bits per heavy atom. The molecule has 0 aliphatic carbocycles. The highest BCUT2D eigenvalue weighted by Gasteiger charge is 2.32. The van der Waals surface area contributed by atoms with Crippen LogP contribution in [0, 0.1) is 0 Å². The molecule has 166 valence electrons. The van der Waals surface area contributed by atoms with Crippen molar-refractivity contribution in [2.24, 2.45) is 0 Å².